The van der Waals surface area contributed by atoms with E-state index in [4.69, 9.17) is 5.73 Å². The first-order valence-corrected chi connectivity index (χ1v) is 5.84. The zero-order chi connectivity index (χ0) is 11.7. The maximum atomic E-state index is 11.4. The molecule has 1 atom stereocenters. The topological polar surface area (TPSA) is 67.2 Å². The molecule has 0 aliphatic carbocycles. The molecule has 0 aromatic rings. The third kappa shape index (κ3) is 8.24. The summed E-state index contributed by atoms with van der Waals surface area (Å²) in [4.78, 5) is 11.4. The van der Waals surface area contributed by atoms with Crippen LogP contribution in [0.5, 0.6) is 0 Å². The van der Waals surface area contributed by atoms with Gasteiger partial charge >= 0.3 is 6.03 Å². The lowest BCUT2D eigenvalue weighted by Gasteiger charge is -2.19. The van der Waals surface area contributed by atoms with Crippen LogP contribution in [-0.4, -0.2) is 25.2 Å². The van der Waals surface area contributed by atoms with Crippen molar-refractivity contribution in [3.8, 4) is 0 Å². The summed E-state index contributed by atoms with van der Waals surface area (Å²) >= 11 is 0. The number of hydrogen-bond donors (Lipinski definition) is 3. The zero-order valence-electron chi connectivity index (χ0n) is 10.2. The second-order valence-electron chi connectivity index (χ2n) is 4.32. The van der Waals surface area contributed by atoms with Crippen LogP contribution in [0.25, 0.3) is 0 Å². The standard InChI is InChI=1S/C11H25N3O/c1-4-5-6-13-11(15)14-10(8-12)7-9(2)3/h9-10H,4-8,12H2,1-3H3,(H2,13,14,15). The molecule has 0 rings (SSSR count). The van der Waals surface area contributed by atoms with Gasteiger partial charge in [-0.15, -0.1) is 0 Å². The molecule has 0 spiro atoms. The summed E-state index contributed by atoms with van der Waals surface area (Å²) in [6.07, 6.45) is 3.04. The molecule has 0 heterocycles. The summed E-state index contributed by atoms with van der Waals surface area (Å²) in [5.41, 5.74) is 5.58. The highest BCUT2D eigenvalue weighted by Crippen LogP contribution is 2.03. The van der Waals surface area contributed by atoms with E-state index in [1.807, 2.05) is 0 Å². The summed E-state index contributed by atoms with van der Waals surface area (Å²) in [6.45, 7) is 7.58. The lowest BCUT2D eigenvalue weighted by atomic mass is 10.0. The number of carbonyl (C=O) groups excluding carboxylic acids is 1. The summed E-state index contributed by atoms with van der Waals surface area (Å²) < 4.78 is 0. The van der Waals surface area contributed by atoms with Crippen molar-refractivity contribution >= 4 is 6.03 Å². The highest BCUT2D eigenvalue weighted by Gasteiger charge is 2.11. The van der Waals surface area contributed by atoms with Gasteiger partial charge in [0.1, 0.15) is 0 Å². The lowest BCUT2D eigenvalue weighted by Crippen LogP contribution is -2.46. The first kappa shape index (κ1) is 14.2. The number of urea groups is 1. The van der Waals surface area contributed by atoms with Gasteiger partial charge in [0.15, 0.2) is 0 Å². The Hall–Kier alpha value is -0.770. The SMILES string of the molecule is CCCCNC(=O)NC(CN)CC(C)C. The molecule has 1 unspecified atom stereocenters. The first-order chi connectivity index (χ1) is 7.10. The number of rotatable bonds is 7. The van der Waals surface area contributed by atoms with E-state index in [9.17, 15) is 4.79 Å². The normalized spacial score (nSPS) is 12.6. The van der Waals surface area contributed by atoms with E-state index in [0.717, 1.165) is 25.8 Å². The predicted octanol–water partition coefficient (Wildman–Crippen LogP) is 1.46. The van der Waals surface area contributed by atoms with Gasteiger partial charge in [0.25, 0.3) is 0 Å². The highest BCUT2D eigenvalue weighted by molar-refractivity contribution is 5.74. The van der Waals surface area contributed by atoms with E-state index >= 15 is 0 Å². The van der Waals surface area contributed by atoms with Crippen LogP contribution in [0.1, 0.15) is 40.0 Å². The molecule has 0 saturated carbocycles. The van der Waals surface area contributed by atoms with Gasteiger partial charge in [-0.2, -0.15) is 0 Å². The second-order valence-corrected chi connectivity index (χ2v) is 4.32. The second kappa shape index (κ2) is 8.53. The predicted molar refractivity (Wildman–Crippen MR) is 63.7 cm³/mol. The van der Waals surface area contributed by atoms with Crippen molar-refractivity contribution in [1.29, 1.82) is 0 Å². The average Bonchev–Trinajstić information content (AvgIpc) is 2.16. The summed E-state index contributed by atoms with van der Waals surface area (Å²) in [5.74, 6) is 0.550. The fraction of sp³-hybridized carbons (Fsp3) is 0.909. The molecule has 0 aliphatic heterocycles. The summed E-state index contributed by atoms with van der Waals surface area (Å²) in [7, 11) is 0. The Morgan fingerprint density at radius 1 is 1.40 bits per heavy atom. The number of nitrogens with two attached hydrogens (primary N) is 1. The van der Waals surface area contributed by atoms with Gasteiger partial charge in [0, 0.05) is 19.1 Å². The molecule has 0 bridgehead atoms. The average molecular weight is 215 g/mol. The van der Waals surface area contributed by atoms with Gasteiger partial charge in [-0.3, -0.25) is 0 Å². The fourth-order valence-electron chi connectivity index (χ4n) is 1.40. The summed E-state index contributed by atoms with van der Waals surface area (Å²) in [5, 5.41) is 5.70. The van der Waals surface area contributed by atoms with Gasteiger partial charge in [-0.25, -0.2) is 4.79 Å². The Morgan fingerprint density at radius 2 is 2.07 bits per heavy atom. The molecular formula is C11H25N3O. The van der Waals surface area contributed by atoms with E-state index in [2.05, 4.69) is 31.4 Å². The number of carbonyl (C=O) groups is 1. The molecule has 4 nitrogen and oxygen atoms in total. The largest absolute Gasteiger partial charge is 0.338 e. The monoisotopic (exact) mass is 215 g/mol. The van der Waals surface area contributed by atoms with Crippen molar-refractivity contribution in [3.05, 3.63) is 0 Å². The molecule has 0 fully saturated rings. The molecule has 4 N–H and O–H groups in total. The van der Waals surface area contributed by atoms with Crippen LogP contribution < -0.4 is 16.4 Å². The van der Waals surface area contributed by atoms with E-state index in [1.54, 1.807) is 0 Å². The minimum atomic E-state index is -0.0976. The Bertz CT molecular complexity index is 171. The molecule has 0 radical (unpaired) electrons. The van der Waals surface area contributed by atoms with Crippen LogP contribution in [-0.2, 0) is 0 Å². The van der Waals surface area contributed by atoms with E-state index in [0.29, 0.717) is 12.5 Å². The van der Waals surface area contributed by atoms with Crippen LogP contribution in [0.2, 0.25) is 0 Å². The van der Waals surface area contributed by atoms with Crippen LogP contribution in [0, 0.1) is 5.92 Å². The third-order valence-corrected chi connectivity index (χ3v) is 2.19. The van der Waals surface area contributed by atoms with Crippen molar-refractivity contribution in [2.75, 3.05) is 13.1 Å². The molecule has 0 aliphatic rings. The number of unbranched alkanes of at least 4 members (excludes halogenated alkanes) is 1. The molecule has 2 amide bonds. The molecule has 90 valence electrons. The first-order valence-electron chi connectivity index (χ1n) is 5.84. The quantitative estimate of drug-likeness (QED) is 0.563. The smallest absolute Gasteiger partial charge is 0.315 e. The van der Waals surface area contributed by atoms with Gasteiger partial charge < -0.3 is 16.4 Å². The van der Waals surface area contributed by atoms with E-state index in [1.165, 1.54) is 0 Å². The van der Waals surface area contributed by atoms with Crippen molar-refractivity contribution in [2.24, 2.45) is 11.7 Å². The molecule has 15 heavy (non-hydrogen) atoms. The van der Waals surface area contributed by atoms with Crippen LogP contribution in [0.15, 0.2) is 0 Å². The van der Waals surface area contributed by atoms with Gasteiger partial charge in [0.05, 0.1) is 0 Å². The van der Waals surface area contributed by atoms with Crippen molar-refractivity contribution < 1.29 is 4.79 Å². The third-order valence-electron chi connectivity index (χ3n) is 2.19. The maximum Gasteiger partial charge on any atom is 0.315 e. The van der Waals surface area contributed by atoms with Crippen molar-refractivity contribution in [3.63, 3.8) is 0 Å². The highest BCUT2D eigenvalue weighted by atomic mass is 16.2. The Morgan fingerprint density at radius 3 is 2.53 bits per heavy atom. The molecule has 4 heteroatoms. The summed E-state index contributed by atoms with van der Waals surface area (Å²) in [6, 6.07) is -0.00817. The Kier molecular flexibility index (Phi) is 8.09. The molecular weight excluding hydrogens is 190 g/mol. The van der Waals surface area contributed by atoms with Crippen LogP contribution >= 0.6 is 0 Å². The van der Waals surface area contributed by atoms with Gasteiger partial charge in [0.2, 0.25) is 0 Å². The molecule has 0 saturated heterocycles. The van der Waals surface area contributed by atoms with Crippen LogP contribution in [0.4, 0.5) is 4.79 Å². The fourth-order valence-corrected chi connectivity index (χ4v) is 1.40. The number of hydrogen-bond acceptors (Lipinski definition) is 2. The zero-order valence-corrected chi connectivity index (χ0v) is 10.2. The minimum absolute atomic E-state index is 0.0895. The van der Waals surface area contributed by atoms with Gasteiger partial charge in [-0.1, -0.05) is 27.2 Å². The van der Waals surface area contributed by atoms with Crippen molar-refractivity contribution in [1.82, 2.24) is 10.6 Å². The lowest BCUT2D eigenvalue weighted by molar-refractivity contribution is 0.235. The Labute approximate surface area is 93.0 Å². The van der Waals surface area contributed by atoms with E-state index < -0.39 is 0 Å². The van der Waals surface area contributed by atoms with Crippen molar-refractivity contribution in [2.45, 2.75) is 46.1 Å². The van der Waals surface area contributed by atoms with Gasteiger partial charge in [-0.05, 0) is 18.8 Å². The van der Waals surface area contributed by atoms with E-state index in [-0.39, 0.29) is 12.1 Å². The number of nitrogens with one attached hydrogen (secondary N) is 2. The van der Waals surface area contributed by atoms with Crippen LogP contribution in [0.3, 0.4) is 0 Å². The number of amides is 2. The minimum Gasteiger partial charge on any atom is -0.338 e. The maximum absolute atomic E-state index is 11.4. The Balaban J connectivity index is 3.70. The molecule has 0 aromatic carbocycles. The molecule has 0 aromatic heterocycles.